The zero-order valence-corrected chi connectivity index (χ0v) is 13.9. The third kappa shape index (κ3) is 3.21. The van der Waals surface area contributed by atoms with E-state index in [-0.39, 0.29) is 11.9 Å². The van der Waals surface area contributed by atoms with Gasteiger partial charge in [0, 0.05) is 22.8 Å². The van der Waals surface area contributed by atoms with Gasteiger partial charge in [-0.15, -0.1) is 11.3 Å². The van der Waals surface area contributed by atoms with Gasteiger partial charge in [-0.2, -0.15) is 5.10 Å². The van der Waals surface area contributed by atoms with Crippen LogP contribution in [0.15, 0.2) is 11.6 Å². The quantitative estimate of drug-likeness (QED) is 0.889. The highest BCUT2D eigenvalue weighted by Gasteiger charge is 2.25. The number of H-pyrrole nitrogens is 1. The minimum atomic E-state index is -0.0831. The Balaban J connectivity index is 1.78. The Kier molecular flexibility index (Phi) is 4.57. The maximum absolute atomic E-state index is 12.6. The molecule has 1 unspecified atom stereocenters. The molecule has 5 nitrogen and oxygen atoms in total. The van der Waals surface area contributed by atoms with Crippen molar-refractivity contribution in [2.45, 2.75) is 52.0 Å². The molecule has 2 N–H and O–H groups in total. The topological polar surface area (TPSA) is 70.7 Å². The zero-order valence-electron chi connectivity index (χ0n) is 13.1. The molecular formula is C16H22N4OS. The van der Waals surface area contributed by atoms with E-state index in [4.69, 9.17) is 0 Å². The number of nitrogens with zero attached hydrogens (tertiary/aromatic N) is 2. The second kappa shape index (κ2) is 6.60. The molecule has 6 heteroatoms. The molecule has 0 aromatic carbocycles. The van der Waals surface area contributed by atoms with Gasteiger partial charge in [0.1, 0.15) is 5.01 Å². The maximum Gasteiger partial charge on any atom is 0.272 e. The lowest BCUT2D eigenvalue weighted by atomic mass is 9.95. The summed E-state index contributed by atoms with van der Waals surface area (Å²) in [6.45, 7) is 4.31. The number of amides is 1. The molecule has 0 spiro atoms. The van der Waals surface area contributed by atoms with Gasteiger partial charge >= 0.3 is 0 Å². The fourth-order valence-electron chi connectivity index (χ4n) is 2.99. The normalized spacial score (nSPS) is 15.6. The van der Waals surface area contributed by atoms with E-state index in [1.165, 1.54) is 6.42 Å². The van der Waals surface area contributed by atoms with Gasteiger partial charge in [-0.25, -0.2) is 4.98 Å². The van der Waals surface area contributed by atoms with Gasteiger partial charge in [-0.05, 0) is 38.0 Å². The molecule has 1 atom stereocenters. The molecule has 3 rings (SSSR count). The molecule has 0 aliphatic heterocycles. The first-order valence-corrected chi connectivity index (χ1v) is 8.79. The highest BCUT2D eigenvalue weighted by molar-refractivity contribution is 7.09. The van der Waals surface area contributed by atoms with E-state index in [0.29, 0.717) is 11.6 Å². The molecule has 22 heavy (non-hydrogen) atoms. The summed E-state index contributed by atoms with van der Waals surface area (Å²) >= 11 is 1.59. The lowest BCUT2D eigenvalue weighted by Crippen LogP contribution is -2.30. The van der Waals surface area contributed by atoms with Crippen molar-refractivity contribution < 1.29 is 4.79 Å². The van der Waals surface area contributed by atoms with Gasteiger partial charge in [-0.3, -0.25) is 9.89 Å². The average molecular weight is 318 g/mol. The molecule has 0 bridgehead atoms. The largest absolute Gasteiger partial charge is 0.341 e. The van der Waals surface area contributed by atoms with Crippen LogP contribution >= 0.6 is 11.3 Å². The predicted molar refractivity (Wildman–Crippen MR) is 87.0 cm³/mol. The van der Waals surface area contributed by atoms with E-state index in [1.54, 1.807) is 17.5 Å². The van der Waals surface area contributed by atoms with E-state index in [2.05, 4.69) is 34.3 Å². The molecular weight excluding hydrogens is 296 g/mol. The van der Waals surface area contributed by atoms with Crippen molar-refractivity contribution in [1.29, 1.82) is 0 Å². The molecule has 0 saturated heterocycles. The van der Waals surface area contributed by atoms with Crippen LogP contribution in [0.2, 0.25) is 0 Å². The van der Waals surface area contributed by atoms with Gasteiger partial charge in [0.2, 0.25) is 0 Å². The second-order valence-electron chi connectivity index (χ2n) is 6.26. The van der Waals surface area contributed by atoms with Crippen molar-refractivity contribution in [3.8, 4) is 0 Å². The number of nitrogens with one attached hydrogen (secondary N) is 2. The Morgan fingerprint density at radius 2 is 2.23 bits per heavy atom. The van der Waals surface area contributed by atoms with Crippen LogP contribution in [-0.2, 0) is 12.8 Å². The van der Waals surface area contributed by atoms with Crippen molar-refractivity contribution in [2.24, 2.45) is 5.92 Å². The summed E-state index contributed by atoms with van der Waals surface area (Å²) in [6, 6.07) is -0.0385. The molecule has 2 aromatic heterocycles. The standard InChI is InChI=1S/C16H22N4OS/c1-10(2)9-13(16-17-7-8-22-16)18-15(21)14-11-5-3-4-6-12(11)19-20-14/h7-8,10,13H,3-6,9H2,1-2H3,(H,18,21)(H,19,20). The number of carbonyl (C=O) groups excluding carboxylic acids is 1. The summed E-state index contributed by atoms with van der Waals surface area (Å²) in [6.07, 6.45) is 6.92. The number of fused-ring (bicyclic) bond motifs is 1. The van der Waals surface area contributed by atoms with Crippen molar-refractivity contribution in [1.82, 2.24) is 20.5 Å². The SMILES string of the molecule is CC(C)CC(NC(=O)c1n[nH]c2c1CCCC2)c1nccs1. The van der Waals surface area contributed by atoms with Crippen LogP contribution in [-0.4, -0.2) is 21.1 Å². The van der Waals surface area contributed by atoms with Crippen molar-refractivity contribution in [3.05, 3.63) is 33.5 Å². The number of hydrogen-bond donors (Lipinski definition) is 2. The third-order valence-electron chi connectivity index (χ3n) is 4.03. The zero-order chi connectivity index (χ0) is 15.5. The first-order chi connectivity index (χ1) is 10.6. The molecule has 2 aromatic rings. The van der Waals surface area contributed by atoms with E-state index in [0.717, 1.165) is 41.9 Å². The lowest BCUT2D eigenvalue weighted by molar-refractivity contribution is 0.0925. The second-order valence-corrected chi connectivity index (χ2v) is 7.19. The van der Waals surface area contributed by atoms with E-state index in [1.807, 2.05) is 5.38 Å². The lowest BCUT2D eigenvalue weighted by Gasteiger charge is -2.18. The Morgan fingerprint density at radius 3 is 2.95 bits per heavy atom. The summed E-state index contributed by atoms with van der Waals surface area (Å²) in [5.74, 6) is 0.405. The third-order valence-corrected chi connectivity index (χ3v) is 4.92. The number of hydrogen-bond acceptors (Lipinski definition) is 4. The van der Waals surface area contributed by atoms with Crippen LogP contribution in [0.1, 0.15) is 65.9 Å². The minimum absolute atomic E-state index is 0.0385. The van der Waals surface area contributed by atoms with Crippen LogP contribution in [0.3, 0.4) is 0 Å². The number of aromatic amines is 1. The Morgan fingerprint density at radius 1 is 1.41 bits per heavy atom. The predicted octanol–water partition coefficient (Wildman–Crippen LogP) is 3.26. The van der Waals surface area contributed by atoms with Gasteiger partial charge in [0.25, 0.3) is 5.91 Å². The monoisotopic (exact) mass is 318 g/mol. The van der Waals surface area contributed by atoms with E-state index in [9.17, 15) is 4.79 Å². The molecule has 0 radical (unpaired) electrons. The van der Waals surface area contributed by atoms with Gasteiger partial charge in [0.05, 0.1) is 6.04 Å². The summed E-state index contributed by atoms with van der Waals surface area (Å²) in [5, 5.41) is 13.3. The Bertz CT molecular complexity index is 633. The first kappa shape index (κ1) is 15.2. The molecule has 0 fully saturated rings. The summed E-state index contributed by atoms with van der Waals surface area (Å²) in [7, 11) is 0. The highest BCUT2D eigenvalue weighted by atomic mass is 32.1. The van der Waals surface area contributed by atoms with Crippen molar-refractivity contribution >= 4 is 17.2 Å². The minimum Gasteiger partial charge on any atom is -0.341 e. The van der Waals surface area contributed by atoms with Crippen LogP contribution in [0.4, 0.5) is 0 Å². The van der Waals surface area contributed by atoms with Crippen LogP contribution in [0.5, 0.6) is 0 Å². The van der Waals surface area contributed by atoms with Crippen molar-refractivity contribution in [2.75, 3.05) is 0 Å². The highest BCUT2D eigenvalue weighted by Crippen LogP contribution is 2.25. The van der Waals surface area contributed by atoms with E-state index < -0.39 is 0 Å². The van der Waals surface area contributed by atoms with Crippen LogP contribution in [0.25, 0.3) is 0 Å². The number of carbonyl (C=O) groups is 1. The number of rotatable bonds is 5. The molecule has 1 amide bonds. The molecule has 118 valence electrons. The smallest absolute Gasteiger partial charge is 0.272 e. The molecule has 1 aliphatic carbocycles. The number of aryl methyl sites for hydroxylation is 1. The molecule has 1 aliphatic rings. The van der Waals surface area contributed by atoms with Crippen molar-refractivity contribution in [3.63, 3.8) is 0 Å². The number of aromatic nitrogens is 3. The summed E-state index contributed by atoms with van der Waals surface area (Å²) in [4.78, 5) is 17.0. The Hall–Kier alpha value is -1.69. The fraction of sp³-hybridized carbons (Fsp3) is 0.562. The maximum atomic E-state index is 12.6. The summed E-state index contributed by atoms with van der Waals surface area (Å²) < 4.78 is 0. The fourth-order valence-corrected chi connectivity index (χ4v) is 3.70. The average Bonchev–Trinajstić information content (AvgIpc) is 3.15. The molecule has 0 saturated carbocycles. The Labute approximate surface area is 134 Å². The first-order valence-electron chi connectivity index (χ1n) is 7.91. The van der Waals surface area contributed by atoms with Crippen LogP contribution in [0, 0.1) is 5.92 Å². The number of thiazole rings is 1. The van der Waals surface area contributed by atoms with Gasteiger partial charge < -0.3 is 5.32 Å². The van der Waals surface area contributed by atoms with Gasteiger partial charge in [-0.1, -0.05) is 13.8 Å². The van der Waals surface area contributed by atoms with Crippen LogP contribution < -0.4 is 5.32 Å². The molecule has 2 heterocycles. The van der Waals surface area contributed by atoms with E-state index >= 15 is 0 Å². The van der Waals surface area contributed by atoms with Gasteiger partial charge in [0.15, 0.2) is 5.69 Å². The summed E-state index contributed by atoms with van der Waals surface area (Å²) in [5.41, 5.74) is 2.80.